The normalized spacial score (nSPS) is 15.0. The van der Waals surface area contributed by atoms with Crippen LogP contribution in [0.4, 0.5) is 0 Å². The van der Waals surface area contributed by atoms with Gasteiger partial charge in [-0.15, -0.1) is 0 Å². The topological polar surface area (TPSA) is 73.0 Å². The predicted octanol–water partition coefficient (Wildman–Crippen LogP) is 12.3. The number of nitrogens with two attached hydrogens (primary N) is 1. The van der Waals surface area contributed by atoms with E-state index in [0.717, 1.165) is 58.3 Å². The van der Waals surface area contributed by atoms with Crippen molar-refractivity contribution in [2.75, 3.05) is 39.3 Å². The second-order valence-corrected chi connectivity index (χ2v) is 16.0. The number of aliphatic hydroxyl groups is 2. The molecule has 0 aromatic carbocycles. The zero-order valence-corrected chi connectivity index (χ0v) is 36.2. The average Bonchev–Trinajstić information content (AvgIpc) is 3.15. The summed E-state index contributed by atoms with van der Waals surface area (Å²) in [6, 6.07) is 0.388. The molecule has 4 N–H and O–H groups in total. The van der Waals surface area contributed by atoms with Crippen LogP contribution in [0.15, 0.2) is 48.6 Å². The van der Waals surface area contributed by atoms with E-state index in [9.17, 15) is 10.2 Å². The Balaban J connectivity index is 4.77. The van der Waals surface area contributed by atoms with Gasteiger partial charge in [0.2, 0.25) is 0 Å². The zero-order chi connectivity index (χ0) is 39.0. The Kier molecular flexibility index (Phi) is 39.5. The van der Waals surface area contributed by atoms with E-state index in [2.05, 4.69) is 93.0 Å². The highest BCUT2D eigenvalue weighted by Gasteiger charge is 2.18. The predicted molar refractivity (Wildman–Crippen MR) is 237 cm³/mol. The molecule has 312 valence electrons. The van der Waals surface area contributed by atoms with Crippen LogP contribution in [0, 0.1) is 5.92 Å². The van der Waals surface area contributed by atoms with Crippen LogP contribution >= 0.6 is 0 Å². The zero-order valence-electron chi connectivity index (χ0n) is 36.2. The monoisotopic (exact) mass is 744 g/mol. The Labute approximate surface area is 332 Å². The van der Waals surface area contributed by atoms with Crippen molar-refractivity contribution < 1.29 is 10.2 Å². The number of rotatable bonds is 40. The van der Waals surface area contributed by atoms with Gasteiger partial charge in [-0.1, -0.05) is 167 Å². The van der Waals surface area contributed by atoms with Crippen LogP contribution in [-0.4, -0.2) is 77.5 Å². The molecule has 0 aliphatic heterocycles. The molecule has 0 rings (SSSR count). The molecule has 0 saturated heterocycles. The largest absolute Gasteiger partial charge is 0.392 e. The van der Waals surface area contributed by atoms with Crippen molar-refractivity contribution in [1.82, 2.24) is 9.80 Å². The van der Waals surface area contributed by atoms with Gasteiger partial charge in [0.25, 0.3) is 0 Å². The second-order valence-electron chi connectivity index (χ2n) is 16.0. The molecule has 0 saturated carbocycles. The maximum atomic E-state index is 10.7. The van der Waals surface area contributed by atoms with E-state index in [4.69, 9.17) is 5.73 Å². The number of allylic oxidation sites excluding steroid dienone is 7. The molecule has 5 nitrogen and oxygen atoms in total. The Bertz CT molecular complexity index is 856. The molecule has 0 bridgehead atoms. The van der Waals surface area contributed by atoms with Crippen molar-refractivity contribution in [3.05, 3.63) is 48.6 Å². The summed E-state index contributed by atoms with van der Waals surface area (Å²) in [5.41, 5.74) is 5.82. The smallest absolute Gasteiger partial charge is 0.0789 e. The fourth-order valence-corrected chi connectivity index (χ4v) is 7.14. The molecular formula is C48H93N3O2. The van der Waals surface area contributed by atoms with Crippen molar-refractivity contribution in [3.63, 3.8) is 0 Å². The first-order valence-corrected chi connectivity index (χ1v) is 23.1. The lowest BCUT2D eigenvalue weighted by Crippen LogP contribution is -2.40. The van der Waals surface area contributed by atoms with Gasteiger partial charge in [-0.2, -0.15) is 0 Å². The molecule has 0 aliphatic carbocycles. The third kappa shape index (κ3) is 35.0. The molecular weight excluding hydrogens is 651 g/mol. The van der Waals surface area contributed by atoms with Gasteiger partial charge >= 0.3 is 0 Å². The molecule has 0 heterocycles. The first kappa shape index (κ1) is 51.8. The maximum Gasteiger partial charge on any atom is 0.0789 e. The van der Waals surface area contributed by atoms with E-state index in [1.165, 1.54) is 128 Å². The Morgan fingerprint density at radius 1 is 0.509 bits per heavy atom. The van der Waals surface area contributed by atoms with Crippen molar-refractivity contribution in [3.8, 4) is 0 Å². The van der Waals surface area contributed by atoms with Crippen LogP contribution in [0.25, 0.3) is 0 Å². The molecule has 0 spiro atoms. The van der Waals surface area contributed by atoms with Crippen LogP contribution in [-0.2, 0) is 0 Å². The maximum absolute atomic E-state index is 10.7. The first-order chi connectivity index (χ1) is 25.9. The molecule has 5 heteroatoms. The summed E-state index contributed by atoms with van der Waals surface area (Å²) in [4.78, 5) is 5.03. The lowest BCUT2D eigenvalue weighted by Gasteiger charge is -2.32. The lowest BCUT2D eigenvalue weighted by molar-refractivity contribution is 0.0901. The van der Waals surface area contributed by atoms with Gasteiger partial charge in [0.15, 0.2) is 0 Å². The molecule has 0 radical (unpaired) electrons. The lowest BCUT2D eigenvalue weighted by atomic mass is 10.0. The highest BCUT2D eigenvalue weighted by Crippen LogP contribution is 2.17. The number of aliphatic hydroxyl groups excluding tert-OH is 2. The van der Waals surface area contributed by atoms with Gasteiger partial charge in [-0.05, 0) is 103 Å². The molecule has 0 amide bonds. The van der Waals surface area contributed by atoms with E-state index in [1.807, 2.05) is 0 Å². The highest BCUT2D eigenvalue weighted by atomic mass is 16.3. The minimum absolute atomic E-state index is 0.275. The molecule has 4 atom stereocenters. The van der Waals surface area contributed by atoms with Gasteiger partial charge in [-0.25, -0.2) is 0 Å². The summed E-state index contributed by atoms with van der Waals surface area (Å²) in [5, 5.41) is 21.1. The third-order valence-corrected chi connectivity index (χ3v) is 10.7. The summed E-state index contributed by atoms with van der Waals surface area (Å²) in [5.74, 6) is 0.652. The van der Waals surface area contributed by atoms with Crippen molar-refractivity contribution in [2.24, 2.45) is 11.7 Å². The third-order valence-electron chi connectivity index (χ3n) is 10.7. The fraction of sp³-hybridized carbons (Fsp3) is 0.833. The van der Waals surface area contributed by atoms with E-state index >= 15 is 0 Å². The number of hydrogen-bond donors (Lipinski definition) is 3. The number of unbranched alkanes of at least 4 members (excludes halogenated alkanes) is 15. The average molecular weight is 744 g/mol. The van der Waals surface area contributed by atoms with Crippen molar-refractivity contribution in [1.29, 1.82) is 0 Å². The number of hydrogen-bond acceptors (Lipinski definition) is 5. The summed E-state index contributed by atoms with van der Waals surface area (Å²) in [6.07, 6.45) is 48.8. The molecule has 0 aromatic rings. The van der Waals surface area contributed by atoms with E-state index in [-0.39, 0.29) is 6.10 Å². The van der Waals surface area contributed by atoms with Gasteiger partial charge in [-0.3, -0.25) is 4.90 Å². The van der Waals surface area contributed by atoms with Crippen LogP contribution in [0.3, 0.4) is 0 Å². The summed E-state index contributed by atoms with van der Waals surface area (Å²) in [7, 11) is 0. The minimum Gasteiger partial charge on any atom is -0.392 e. The van der Waals surface area contributed by atoms with Crippen LogP contribution < -0.4 is 5.73 Å². The van der Waals surface area contributed by atoms with Crippen LogP contribution in [0.1, 0.15) is 195 Å². The molecule has 53 heavy (non-hydrogen) atoms. The van der Waals surface area contributed by atoms with Gasteiger partial charge in [0, 0.05) is 25.7 Å². The van der Waals surface area contributed by atoms with E-state index in [1.54, 1.807) is 0 Å². The summed E-state index contributed by atoms with van der Waals surface area (Å²) < 4.78 is 0. The van der Waals surface area contributed by atoms with Gasteiger partial charge in [0.05, 0.1) is 12.2 Å². The van der Waals surface area contributed by atoms with Gasteiger partial charge in [0.1, 0.15) is 0 Å². The molecule has 0 fully saturated rings. The number of nitrogens with zero attached hydrogens (tertiary/aromatic N) is 2. The standard InChI is InChI=1S/C48H93N3O2/c1-6-10-12-14-15-16-17-18-19-20-21-22-23-24-26-32-39-50(43-48(53)42-49)40-33-28-34-41-51(44-47(52)9-4)46(37-30-25-13-11-7-2)38-31-27-29-36-45(5)35-8-3/h15-16,18-19,29,31,36,38,45-48,52-53H,6-14,17,20-28,30,32-35,37,39-44,49H2,1-5H3/b16-15-,19-18-,36-29-,38-31-. The molecule has 0 aliphatic rings. The summed E-state index contributed by atoms with van der Waals surface area (Å²) >= 11 is 0. The van der Waals surface area contributed by atoms with E-state index < -0.39 is 6.10 Å². The SMILES string of the molecule is CCCCC/C=C\C/C=C\CCCCCCCCN(CCCCCN(CC(O)CC)C(/C=C\C/C=C\C(C)CCC)CCCCCCC)CC(O)CN. The van der Waals surface area contributed by atoms with Crippen LogP contribution in [0.2, 0.25) is 0 Å². The van der Waals surface area contributed by atoms with Crippen LogP contribution in [0.5, 0.6) is 0 Å². The van der Waals surface area contributed by atoms with E-state index in [0.29, 0.717) is 25.0 Å². The highest BCUT2D eigenvalue weighted by molar-refractivity contribution is 5.00. The molecule has 4 unspecified atom stereocenters. The second kappa shape index (κ2) is 40.4. The summed E-state index contributed by atoms with van der Waals surface area (Å²) in [6.45, 7) is 16.1. The minimum atomic E-state index is -0.444. The molecule has 0 aromatic heterocycles. The van der Waals surface area contributed by atoms with Crippen molar-refractivity contribution >= 4 is 0 Å². The quantitative estimate of drug-likeness (QED) is 0.0430. The van der Waals surface area contributed by atoms with Crippen molar-refractivity contribution in [2.45, 2.75) is 213 Å². The first-order valence-electron chi connectivity index (χ1n) is 23.1. The Hall–Kier alpha value is -1.24. The van der Waals surface area contributed by atoms with Gasteiger partial charge < -0.3 is 20.8 Å². The Morgan fingerprint density at radius 3 is 1.68 bits per heavy atom. The fourth-order valence-electron chi connectivity index (χ4n) is 7.14. The Morgan fingerprint density at radius 2 is 1.04 bits per heavy atom.